The molecule has 2 fully saturated rings. The van der Waals surface area contributed by atoms with Gasteiger partial charge in [0.25, 0.3) is 0 Å². The van der Waals surface area contributed by atoms with Crippen molar-refractivity contribution in [3.8, 4) is 5.75 Å². The van der Waals surface area contributed by atoms with Crippen LogP contribution in [-0.2, 0) is 11.2 Å². The number of carbonyl (C=O) groups is 1. The van der Waals surface area contributed by atoms with E-state index in [4.69, 9.17) is 5.73 Å². The molecule has 9 heteroatoms. The standard InChI is InChI=1S/C46H67N3O6/c1-2-3-4-7-30-10-13-35(42(52)26-30)8-5-6-9-36-14-17-38(40-25-34(29-49-40)22-31-11-15-37(50)16-12-31)39-24-33(23-32-19-21-48-43(47)27-32)28-46(39,55)20-18-41(51)44(36)45(53)54/h10-13,15-16,19,25,27,29-30,33,35-36,38-39,41-42,44,48-52,55H,2-9,14,17-18,20-24,26,28,47H2,1H3,(H,53,54). The highest BCUT2D eigenvalue weighted by Crippen LogP contribution is 2.53. The van der Waals surface area contributed by atoms with Crippen molar-refractivity contribution < 1.29 is 30.3 Å². The lowest BCUT2D eigenvalue weighted by Gasteiger charge is -2.39. The van der Waals surface area contributed by atoms with Gasteiger partial charge >= 0.3 is 5.97 Å². The SMILES string of the molecule is CCCCCC1C=CC(CCCCC2CCC(c3cc(Cc4ccc(O)cc4)c[nH]3)C3CC(CC4=CCNC(N)=C4)CC3(O)CCC(O)C2C(=O)O)C(O)C1. The van der Waals surface area contributed by atoms with Gasteiger partial charge in [0, 0.05) is 30.3 Å². The maximum absolute atomic E-state index is 12.9. The molecule has 0 radical (unpaired) electrons. The van der Waals surface area contributed by atoms with Crippen molar-refractivity contribution in [2.45, 2.75) is 140 Å². The van der Waals surface area contributed by atoms with Crippen LogP contribution >= 0.6 is 0 Å². The first-order valence-corrected chi connectivity index (χ1v) is 21.4. The van der Waals surface area contributed by atoms with E-state index in [9.17, 15) is 30.3 Å². The maximum Gasteiger partial charge on any atom is 0.309 e. The average molecular weight is 758 g/mol. The fourth-order valence-electron chi connectivity index (χ4n) is 10.7. The van der Waals surface area contributed by atoms with Gasteiger partial charge in [0.2, 0.25) is 0 Å². The molecular formula is C46H67N3O6. The predicted octanol–water partition coefficient (Wildman–Crippen LogP) is 7.82. The van der Waals surface area contributed by atoms with Crippen LogP contribution in [0.2, 0.25) is 0 Å². The fourth-order valence-corrected chi connectivity index (χ4v) is 10.7. The van der Waals surface area contributed by atoms with Crippen LogP contribution in [0.4, 0.5) is 0 Å². The lowest BCUT2D eigenvalue weighted by atomic mass is 9.69. The Hall–Kier alpha value is -3.53. The Morgan fingerprint density at radius 3 is 2.47 bits per heavy atom. The van der Waals surface area contributed by atoms with Crippen molar-refractivity contribution in [1.29, 1.82) is 0 Å². The molecule has 6 rings (SSSR count). The van der Waals surface area contributed by atoms with Gasteiger partial charge in [0.1, 0.15) is 5.75 Å². The largest absolute Gasteiger partial charge is 0.508 e. The number of allylic oxidation sites excluding steroid dienone is 3. The van der Waals surface area contributed by atoms with E-state index in [-0.39, 0.29) is 47.9 Å². The zero-order valence-corrected chi connectivity index (χ0v) is 32.9. The number of phenolic OH excluding ortho intramolecular Hbond substituents is 1. The van der Waals surface area contributed by atoms with Gasteiger partial charge in [-0.15, -0.1) is 0 Å². The van der Waals surface area contributed by atoms with Gasteiger partial charge in [0.05, 0.1) is 29.5 Å². The predicted molar refractivity (Wildman–Crippen MR) is 217 cm³/mol. The molecule has 55 heavy (non-hydrogen) atoms. The monoisotopic (exact) mass is 758 g/mol. The maximum atomic E-state index is 12.9. The first kappa shape index (κ1) is 41.1. The van der Waals surface area contributed by atoms with Gasteiger partial charge < -0.3 is 41.6 Å². The topological polar surface area (TPSA) is 172 Å². The number of aromatic amines is 1. The number of unbranched alkanes of at least 4 members (excludes halogenated alkanes) is 3. The normalized spacial score (nSPS) is 32.6. The third kappa shape index (κ3) is 10.9. The van der Waals surface area contributed by atoms with Crippen molar-refractivity contribution >= 4 is 5.97 Å². The number of aliphatic hydroxyl groups is 3. The Labute approximate surface area is 328 Å². The molecule has 2 heterocycles. The number of benzene rings is 1. The highest BCUT2D eigenvalue weighted by Gasteiger charge is 2.51. The number of aromatic nitrogens is 1. The molecule has 9 nitrogen and oxygen atoms in total. The quantitative estimate of drug-likeness (QED) is 0.0671. The van der Waals surface area contributed by atoms with Crippen molar-refractivity contribution in [3.63, 3.8) is 0 Å². The number of dihydropyridines is 1. The van der Waals surface area contributed by atoms with Crippen molar-refractivity contribution in [1.82, 2.24) is 10.3 Å². The number of nitrogens with one attached hydrogen (secondary N) is 2. The van der Waals surface area contributed by atoms with Crippen LogP contribution in [0.5, 0.6) is 5.75 Å². The van der Waals surface area contributed by atoms with Crippen LogP contribution in [0.25, 0.3) is 0 Å². The van der Waals surface area contributed by atoms with Gasteiger partial charge in [-0.3, -0.25) is 4.79 Å². The third-order valence-electron chi connectivity index (χ3n) is 13.6. The minimum atomic E-state index is -1.04. The third-order valence-corrected chi connectivity index (χ3v) is 13.6. The fraction of sp³-hybridized carbons (Fsp3) is 0.630. The summed E-state index contributed by atoms with van der Waals surface area (Å²) in [6.07, 6.45) is 23.2. The van der Waals surface area contributed by atoms with Crippen LogP contribution in [0.15, 0.2) is 72.2 Å². The molecule has 1 aromatic carbocycles. The molecular weight excluding hydrogens is 691 g/mol. The average Bonchev–Trinajstić information content (AvgIpc) is 3.74. The van der Waals surface area contributed by atoms with Crippen molar-refractivity contribution in [2.24, 2.45) is 41.2 Å². The van der Waals surface area contributed by atoms with Crippen molar-refractivity contribution in [3.05, 3.63) is 89.0 Å². The van der Waals surface area contributed by atoms with E-state index in [2.05, 4.69) is 41.5 Å². The summed E-state index contributed by atoms with van der Waals surface area (Å²) in [7, 11) is 0. The Morgan fingerprint density at radius 1 is 0.945 bits per heavy atom. The number of carboxylic acid groups (broad SMARTS) is 1. The van der Waals surface area contributed by atoms with E-state index in [1.807, 2.05) is 24.4 Å². The summed E-state index contributed by atoms with van der Waals surface area (Å²) < 4.78 is 0. The van der Waals surface area contributed by atoms with Gasteiger partial charge in [-0.05, 0) is 142 Å². The molecule has 0 saturated heterocycles. The van der Waals surface area contributed by atoms with Crippen LogP contribution in [0.1, 0.15) is 132 Å². The molecule has 4 aliphatic rings. The zero-order chi connectivity index (χ0) is 39.0. The molecule has 302 valence electrons. The summed E-state index contributed by atoms with van der Waals surface area (Å²) in [5.41, 5.74) is 9.53. The minimum Gasteiger partial charge on any atom is -0.508 e. The number of hydrogen-bond donors (Lipinski definition) is 8. The van der Waals surface area contributed by atoms with Crippen LogP contribution in [0.3, 0.4) is 0 Å². The summed E-state index contributed by atoms with van der Waals surface area (Å²) in [6.45, 7) is 2.90. The molecule has 3 aliphatic carbocycles. The second-order valence-electron chi connectivity index (χ2n) is 17.6. The highest BCUT2D eigenvalue weighted by atomic mass is 16.4. The lowest BCUT2D eigenvalue weighted by molar-refractivity contribution is -0.150. The molecule has 0 spiro atoms. The lowest BCUT2D eigenvalue weighted by Crippen LogP contribution is -2.42. The molecule has 9 N–H and O–H groups in total. The first-order valence-electron chi connectivity index (χ1n) is 21.4. The number of H-pyrrole nitrogens is 1. The summed E-state index contributed by atoms with van der Waals surface area (Å²) in [5.74, 6) is -0.394. The van der Waals surface area contributed by atoms with E-state index < -0.39 is 23.6 Å². The summed E-state index contributed by atoms with van der Waals surface area (Å²) in [6, 6.07) is 9.49. The molecule has 1 aromatic heterocycles. The van der Waals surface area contributed by atoms with Crippen LogP contribution in [-0.4, -0.2) is 60.8 Å². The number of hydrogen-bond acceptors (Lipinski definition) is 7. The van der Waals surface area contributed by atoms with Crippen molar-refractivity contribution in [2.75, 3.05) is 6.54 Å². The second kappa shape index (κ2) is 19.1. The number of fused-ring (bicyclic) bond motifs is 1. The summed E-state index contributed by atoms with van der Waals surface area (Å²) in [4.78, 5) is 16.5. The zero-order valence-electron chi connectivity index (χ0n) is 32.9. The Bertz CT molecular complexity index is 1630. The molecule has 10 unspecified atom stereocenters. The number of nitrogens with two attached hydrogens (primary N) is 1. The minimum absolute atomic E-state index is 0.00818. The van der Waals surface area contributed by atoms with Gasteiger partial charge in [-0.1, -0.05) is 69.4 Å². The number of aromatic hydroxyl groups is 1. The molecule has 2 aromatic rings. The molecule has 10 atom stereocenters. The Morgan fingerprint density at radius 2 is 1.73 bits per heavy atom. The van der Waals surface area contributed by atoms with Gasteiger partial charge in [-0.2, -0.15) is 0 Å². The van der Waals surface area contributed by atoms with E-state index in [1.165, 1.54) is 24.8 Å². The van der Waals surface area contributed by atoms with E-state index >= 15 is 0 Å². The van der Waals surface area contributed by atoms with Crippen LogP contribution < -0.4 is 11.1 Å². The summed E-state index contributed by atoms with van der Waals surface area (Å²) in [5, 5.41) is 58.6. The number of aliphatic hydroxyl groups excluding tert-OH is 2. The van der Waals surface area contributed by atoms with Crippen LogP contribution in [0, 0.1) is 35.5 Å². The second-order valence-corrected chi connectivity index (χ2v) is 17.6. The molecule has 1 aliphatic heterocycles. The Kier molecular flexibility index (Phi) is 14.3. The first-order chi connectivity index (χ1) is 26.5. The van der Waals surface area contributed by atoms with Gasteiger partial charge in [-0.25, -0.2) is 0 Å². The number of phenols is 1. The van der Waals surface area contributed by atoms with E-state index in [1.54, 1.807) is 12.1 Å². The number of aliphatic carboxylic acids is 1. The van der Waals surface area contributed by atoms with E-state index in [0.717, 1.165) is 61.8 Å². The molecule has 0 bridgehead atoms. The molecule has 2 saturated carbocycles. The summed E-state index contributed by atoms with van der Waals surface area (Å²) >= 11 is 0. The number of rotatable bonds is 15. The van der Waals surface area contributed by atoms with E-state index in [0.29, 0.717) is 56.8 Å². The van der Waals surface area contributed by atoms with Gasteiger partial charge in [0.15, 0.2) is 0 Å². The Balaban J connectivity index is 1.19. The highest BCUT2D eigenvalue weighted by molar-refractivity contribution is 5.71. The smallest absolute Gasteiger partial charge is 0.309 e. The molecule has 0 amide bonds. The number of carboxylic acids is 1.